The number of thioether (sulfide) groups is 1. The number of aromatic nitrogens is 2. The van der Waals surface area contributed by atoms with E-state index in [1.54, 1.807) is 11.3 Å². The Morgan fingerprint density at radius 2 is 2.53 bits per heavy atom. The molecule has 17 heavy (non-hydrogen) atoms. The summed E-state index contributed by atoms with van der Waals surface area (Å²) in [6, 6.07) is 0. The van der Waals surface area contributed by atoms with Gasteiger partial charge < -0.3 is 5.32 Å². The minimum atomic E-state index is 0.442. The second-order valence-corrected chi connectivity index (χ2v) is 7.39. The van der Waals surface area contributed by atoms with Crippen LogP contribution >= 0.6 is 23.1 Å². The molecule has 0 aromatic carbocycles. The summed E-state index contributed by atoms with van der Waals surface area (Å²) < 4.78 is 2.53. The van der Waals surface area contributed by atoms with Crippen LogP contribution in [0.15, 0.2) is 17.8 Å². The average molecular weight is 267 g/mol. The molecule has 0 aliphatic carbocycles. The molecule has 1 atom stereocenters. The lowest BCUT2D eigenvalue weighted by Gasteiger charge is -2.22. The van der Waals surface area contributed by atoms with Crippen LogP contribution < -0.4 is 5.32 Å². The van der Waals surface area contributed by atoms with Crippen LogP contribution in [0.1, 0.15) is 25.5 Å². The molecule has 3 heterocycles. The molecule has 1 aliphatic rings. The van der Waals surface area contributed by atoms with Crippen molar-refractivity contribution in [3.63, 3.8) is 0 Å². The first-order valence-electron chi connectivity index (χ1n) is 6.01. The maximum atomic E-state index is 4.57. The van der Waals surface area contributed by atoms with Gasteiger partial charge in [-0.1, -0.05) is 0 Å². The van der Waals surface area contributed by atoms with Crippen molar-refractivity contribution < 1.29 is 0 Å². The zero-order chi connectivity index (χ0) is 11.7. The highest BCUT2D eigenvalue weighted by molar-refractivity contribution is 8.00. The third-order valence-corrected chi connectivity index (χ3v) is 5.56. The molecule has 2 aromatic heterocycles. The van der Waals surface area contributed by atoms with Crippen molar-refractivity contribution in [2.75, 3.05) is 12.3 Å². The topological polar surface area (TPSA) is 29.3 Å². The van der Waals surface area contributed by atoms with Gasteiger partial charge in [-0.25, -0.2) is 4.98 Å². The zero-order valence-electron chi connectivity index (χ0n) is 9.98. The first kappa shape index (κ1) is 11.6. The van der Waals surface area contributed by atoms with Crippen LogP contribution in [0.3, 0.4) is 0 Å². The highest BCUT2D eigenvalue weighted by atomic mass is 32.2. The molecule has 1 aliphatic heterocycles. The van der Waals surface area contributed by atoms with E-state index < -0.39 is 0 Å². The van der Waals surface area contributed by atoms with Gasteiger partial charge in [0.2, 0.25) is 0 Å². The molecule has 1 saturated heterocycles. The number of nitrogens with zero attached hydrogens (tertiary/aromatic N) is 2. The molecule has 1 fully saturated rings. The summed E-state index contributed by atoms with van der Waals surface area (Å²) in [7, 11) is 0. The first-order chi connectivity index (χ1) is 8.25. The number of nitrogens with one attached hydrogen (secondary N) is 1. The Balaban J connectivity index is 1.55. The zero-order valence-corrected chi connectivity index (χ0v) is 11.6. The van der Waals surface area contributed by atoms with Gasteiger partial charge in [-0.05, 0) is 25.5 Å². The SMILES string of the molecule is CC1(CNCc2cn3ccsc3n2)CCCS1. The second-order valence-electron chi connectivity index (χ2n) is 4.83. The van der Waals surface area contributed by atoms with Crippen LogP contribution in [0.2, 0.25) is 0 Å². The summed E-state index contributed by atoms with van der Waals surface area (Å²) in [5, 5.41) is 5.61. The quantitative estimate of drug-likeness (QED) is 0.923. The van der Waals surface area contributed by atoms with E-state index in [4.69, 9.17) is 0 Å². The fourth-order valence-electron chi connectivity index (χ4n) is 2.29. The minimum Gasteiger partial charge on any atom is -0.310 e. The van der Waals surface area contributed by atoms with Crippen LogP contribution in [0.25, 0.3) is 4.96 Å². The molecule has 1 unspecified atom stereocenters. The Labute approximate surface area is 110 Å². The van der Waals surface area contributed by atoms with E-state index in [-0.39, 0.29) is 0 Å². The van der Waals surface area contributed by atoms with E-state index in [1.807, 2.05) is 0 Å². The van der Waals surface area contributed by atoms with Crippen molar-refractivity contribution in [1.29, 1.82) is 0 Å². The molecule has 2 aromatic rings. The maximum absolute atomic E-state index is 4.57. The van der Waals surface area contributed by atoms with E-state index in [1.165, 1.54) is 18.6 Å². The summed E-state index contributed by atoms with van der Waals surface area (Å²) in [6.07, 6.45) is 6.87. The molecule has 0 saturated carbocycles. The normalized spacial score (nSPS) is 24.8. The average Bonchev–Trinajstić information content (AvgIpc) is 2.93. The smallest absolute Gasteiger partial charge is 0.193 e. The maximum Gasteiger partial charge on any atom is 0.193 e. The van der Waals surface area contributed by atoms with Crippen molar-refractivity contribution in [2.45, 2.75) is 31.1 Å². The van der Waals surface area contributed by atoms with E-state index in [0.717, 1.165) is 23.7 Å². The molecule has 0 radical (unpaired) electrons. The van der Waals surface area contributed by atoms with Crippen LogP contribution in [0.4, 0.5) is 0 Å². The van der Waals surface area contributed by atoms with E-state index >= 15 is 0 Å². The largest absolute Gasteiger partial charge is 0.310 e. The van der Waals surface area contributed by atoms with Crippen LogP contribution in [-0.4, -0.2) is 26.4 Å². The van der Waals surface area contributed by atoms with Gasteiger partial charge in [0, 0.05) is 35.6 Å². The number of imidazole rings is 1. The fourth-order valence-corrected chi connectivity index (χ4v) is 4.29. The third-order valence-electron chi connectivity index (χ3n) is 3.25. The van der Waals surface area contributed by atoms with Gasteiger partial charge in [0.05, 0.1) is 5.69 Å². The number of fused-ring (bicyclic) bond motifs is 1. The lowest BCUT2D eigenvalue weighted by molar-refractivity contribution is 0.534. The van der Waals surface area contributed by atoms with Gasteiger partial charge in [0.1, 0.15) is 0 Å². The molecule has 0 amide bonds. The van der Waals surface area contributed by atoms with Gasteiger partial charge >= 0.3 is 0 Å². The lowest BCUT2D eigenvalue weighted by Crippen LogP contribution is -2.32. The highest BCUT2D eigenvalue weighted by Crippen LogP contribution is 2.36. The van der Waals surface area contributed by atoms with Gasteiger partial charge in [-0.2, -0.15) is 11.8 Å². The summed E-state index contributed by atoms with van der Waals surface area (Å²) in [5.41, 5.74) is 1.14. The molecule has 0 bridgehead atoms. The molecule has 3 nitrogen and oxygen atoms in total. The van der Waals surface area contributed by atoms with Crippen molar-refractivity contribution in [2.24, 2.45) is 0 Å². The Bertz CT molecular complexity index is 468. The lowest BCUT2D eigenvalue weighted by atomic mass is 10.1. The van der Waals surface area contributed by atoms with Crippen LogP contribution in [0, 0.1) is 0 Å². The summed E-state index contributed by atoms with van der Waals surface area (Å²) >= 11 is 3.79. The number of hydrogen-bond donors (Lipinski definition) is 1. The molecule has 3 rings (SSSR count). The van der Waals surface area contributed by atoms with E-state index in [9.17, 15) is 0 Å². The highest BCUT2D eigenvalue weighted by Gasteiger charge is 2.28. The second kappa shape index (κ2) is 4.63. The van der Waals surface area contributed by atoms with Crippen molar-refractivity contribution in [3.05, 3.63) is 23.5 Å². The van der Waals surface area contributed by atoms with E-state index in [0.29, 0.717) is 4.75 Å². The Morgan fingerprint density at radius 3 is 3.29 bits per heavy atom. The molecular formula is C12H17N3S2. The van der Waals surface area contributed by atoms with E-state index in [2.05, 4.69) is 51.2 Å². The van der Waals surface area contributed by atoms with Crippen LogP contribution in [0.5, 0.6) is 0 Å². The molecule has 0 spiro atoms. The molecule has 92 valence electrons. The predicted octanol–water partition coefficient (Wildman–Crippen LogP) is 2.77. The third kappa shape index (κ3) is 2.51. The fraction of sp³-hybridized carbons (Fsp3) is 0.583. The summed E-state index contributed by atoms with van der Waals surface area (Å²) in [4.78, 5) is 5.66. The Hall–Kier alpha value is -0.520. The van der Waals surface area contributed by atoms with Gasteiger partial charge in [-0.15, -0.1) is 11.3 Å². The first-order valence-corrected chi connectivity index (χ1v) is 7.87. The van der Waals surface area contributed by atoms with Crippen molar-refractivity contribution >= 4 is 28.1 Å². The predicted molar refractivity (Wildman–Crippen MR) is 74.9 cm³/mol. The Kier molecular flexibility index (Phi) is 3.15. The van der Waals surface area contributed by atoms with Crippen molar-refractivity contribution in [1.82, 2.24) is 14.7 Å². The minimum absolute atomic E-state index is 0.442. The molecule has 1 N–H and O–H groups in total. The summed E-state index contributed by atoms with van der Waals surface area (Å²) in [6.45, 7) is 4.33. The van der Waals surface area contributed by atoms with Gasteiger partial charge in [-0.3, -0.25) is 4.40 Å². The molecular weight excluding hydrogens is 250 g/mol. The van der Waals surface area contributed by atoms with Crippen molar-refractivity contribution in [3.8, 4) is 0 Å². The number of thiazole rings is 1. The standard InChI is InChI=1S/C12H17N3S2/c1-12(3-2-5-17-12)9-13-7-10-8-15-4-6-16-11(15)14-10/h4,6,8,13H,2-3,5,7,9H2,1H3. The number of rotatable bonds is 4. The Morgan fingerprint density at radius 1 is 1.59 bits per heavy atom. The molecule has 5 heteroatoms. The van der Waals surface area contributed by atoms with Gasteiger partial charge in [0.15, 0.2) is 4.96 Å². The van der Waals surface area contributed by atoms with Gasteiger partial charge in [0.25, 0.3) is 0 Å². The summed E-state index contributed by atoms with van der Waals surface area (Å²) in [5.74, 6) is 1.32. The van der Waals surface area contributed by atoms with Crippen LogP contribution in [-0.2, 0) is 6.54 Å². The number of hydrogen-bond acceptors (Lipinski definition) is 4. The monoisotopic (exact) mass is 267 g/mol.